The number of carbonyl (C=O) groups excluding carboxylic acids is 1. The van der Waals surface area contributed by atoms with Crippen molar-refractivity contribution >= 4 is 27.7 Å². The number of benzene rings is 2. The maximum atomic E-state index is 12.2. The van der Waals surface area contributed by atoms with Crippen LogP contribution in [0.3, 0.4) is 0 Å². The Balaban J connectivity index is 2.01. The summed E-state index contributed by atoms with van der Waals surface area (Å²) >= 11 is 3.34. The number of aliphatic hydroxyl groups excluding tert-OH is 2. The molecule has 0 saturated heterocycles. The van der Waals surface area contributed by atoms with Crippen molar-refractivity contribution in [1.29, 1.82) is 0 Å². The van der Waals surface area contributed by atoms with Crippen LogP contribution in [0.4, 0.5) is 10.5 Å². The van der Waals surface area contributed by atoms with E-state index in [1.165, 1.54) is 0 Å². The van der Waals surface area contributed by atoms with E-state index < -0.39 is 12.2 Å². The third-order valence-corrected chi connectivity index (χ3v) is 4.10. The van der Waals surface area contributed by atoms with Gasteiger partial charge in [0.25, 0.3) is 0 Å². The van der Waals surface area contributed by atoms with E-state index in [-0.39, 0.29) is 19.8 Å². The molecular formula is C19H22BrNO5. The Morgan fingerprint density at radius 1 is 1.04 bits per heavy atom. The van der Waals surface area contributed by atoms with Gasteiger partial charge in [0.1, 0.15) is 18.5 Å². The summed E-state index contributed by atoms with van der Waals surface area (Å²) in [4.78, 5) is 12.2. The molecule has 6 nitrogen and oxygen atoms in total. The van der Waals surface area contributed by atoms with Crippen LogP contribution in [0.1, 0.15) is 24.5 Å². The van der Waals surface area contributed by atoms with E-state index in [0.717, 1.165) is 10.0 Å². The quantitative estimate of drug-likeness (QED) is 0.569. The van der Waals surface area contributed by atoms with E-state index in [0.29, 0.717) is 24.3 Å². The highest BCUT2D eigenvalue weighted by atomic mass is 79.9. The lowest BCUT2D eigenvalue weighted by Crippen LogP contribution is -2.18. The number of halogens is 1. The Morgan fingerprint density at radius 2 is 1.73 bits per heavy atom. The minimum absolute atomic E-state index is 0.0197. The van der Waals surface area contributed by atoms with Crippen molar-refractivity contribution in [2.24, 2.45) is 0 Å². The van der Waals surface area contributed by atoms with Gasteiger partial charge in [0.2, 0.25) is 0 Å². The highest BCUT2D eigenvalue weighted by Gasteiger charge is 2.17. The maximum Gasteiger partial charge on any atom is 0.412 e. The fraction of sp³-hybridized carbons (Fsp3) is 0.316. The zero-order chi connectivity index (χ0) is 18.8. The Morgan fingerprint density at radius 3 is 2.35 bits per heavy atom. The molecule has 0 bridgehead atoms. The van der Waals surface area contributed by atoms with Crippen LogP contribution in [-0.4, -0.2) is 36.1 Å². The van der Waals surface area contributed by atoms with Crippen LogP contribution in [-0.2, 0) is 4.74 Å². The highest BCUT2D eigenvalue weighted by molar-refractivity contribution is 9.10. The summed E-state index contributed by atoms with van der Waals surface area (Å²) in [6.45, 7) is 0.186. The van der Waals surface area contributed by atoms with Gasteiger partial charge in [-0.15, -0.1) is 0 Å². The molecule has 0 aliphatic rings. The molecule has 0 heterocycles. The zero-order valence-corrected chi connectivity index (χ0v) is 15.8. The third-order valence-electron chi connectivity index (χ3n) is 3.58. The van der Waals surface area contributed by atoms with Crippen LogP contribution in [0.5, 0.6) is 5.75 Å². The number of hydrogen-bond donors (Lipinski definition) is 3. The van der Waals surface area contributed by atoms with Gasteiger partial charge in [-0.1, -0.05) is 28.1 Å². The molecule has 7 heteroatoms. The molecule has 2 aromatic rings. The molecule has 1 atom stereocenters. The van der Waals surface area contributed by atoms with Crippen LogP contribution < -0.4 is 10.1 Å². The predicted octanol–water partition coefficient (Wildman–Crippen LogP) is 3.88. The fourth-order valence-corrected chi connectivity index (χ4v) is 2.59. The Labute approximate surface area is 160 Å². The molecular weight excluding hydrogens is 402 g/mol. The first kappa shape index (κ1) is 20.2. The standard InChI is InChI=1S/C19H22BrNO5/c20-15-5-7-16(8-6-15)21-19(24)26-18(2-1-11-22)14-3-9-17(10-4-14)25-13-12-23/h3-10,18,22-23H,1-2,11-13H2,(H,21,24)/t18-/m1/s1. The molecule has 0 aromatic heterocycles. The molecule has 2 aromatic carbocycles. The first-order valence-electron chi connectivity index (χ1n) is 8.30. The summed E-state index contributed by atoms with van der Waals surface area (Å²) in [6.07, 6.45) is -0.0273. The fourth-order valence-electron chi connectivity index (χ4n) is 2.32. The van der Waals surface area contributed by atoms with Crippen LogP contribution >= 0.6 is 15.9 Å². The van der Waals surface area contributed by atoms with Crippen LogP contribution in [0.2, 0.25) is 0 Å². The number of ether oxygens (including phenoxy) is 2. The monoisotopic (exact) mass is 423 g/mol. The van der Waals surface area contributed by atoms with Gasteiger partial charge in [-0.2, -0.15) is 0 Å². The third kappa shape index (κ3) is 6.67. The maximum absolute atomic E-state index is 12.2. The molecule has 1 amide bonds. The largest absolute Gasteiger partial charge is 0.491 e. The van der Waals surface area contributed by atoms with Gasteiger partial charge in [0.05, 0.1) is 6.61 Å². The van der Waals surface area contributed by atoms with Crippen molar-refractivity contribution in [2.75, 3.05) is 25.1 Å². The van der Waals surface area contributed by atoms with E-state index in [1.54, 1.807) is 24.3 Å². The molecule has 0 unspecified atom stereocenters. The Kier molecular flexibility index (Phi) is 8.40. The van der Waals surface area contributed by atoms with E-state index in [4.69, 9.17) is 19.7 Å². The lowest BCUT2D eigenvalue weighted by atomic mass is 10.0. The van der Waals surface area contributed by atoms with Crippen molar-refractivity contribution in [1.82, 2.24) is 0 Å². The number of anilines is 1. The van der Waals surface area contributed by atoms with Gasteiger partial charge in [-0.05, 0) is 54.8 Å². The Hall–Kier alpha value is -2.09. The van der Waals surface area contributed by atoms with Crippen molar-refractivity contribution in [3.05, 3.63) is 58.6 Å². The lowest BCUT2D eigenvalue weighted by Gasteiger charge is -2.19. The second-order valence-corrected chi connectivity index (χ2v) is 6.45. The number of hydrogen-bond acceptors (Lipinski definition) is 5. The summed E-state index contributed by atoms with van der Waals surface area (Å²) in [5.74, 6) is 0.628. The minimum atomic E-state index is -0.559. The Bertz CT molecular complexity index is 675. The summed E-state index contributed by atoms with van der Waals surface area (Å²) in [7, 11) is 0. The number of carbonyl (C=O) groups is 1. The van der Waals surface area contributed by atoms with E-state index in [9.17, 15) is 4.79 Å². The molecule has 0 fully saturated rings. The van der Waals surface area contributed by atoms with Gasteiger partial charge in [0.15, 0.2) is 0 Å². The first-order valence-corrected chi connectivity index (χ1v) is 9.09. The smallest absolute Gasteiger partial charge is 0.412 e. The van der Waals surface area contributed by atoms with Gasteiger partial charge in [-0.3, -0.25) is 5.32 Å². The first-order chi connectivity index (χ1) is 12.6. The second kappa shape index (κ2) is 10.8. The molecule has 0 spiro atoms. The average molecular weight is 424 g/mol. The van der Waals surface area contributed by atoms with Crippen molar-refractivity contribution in [2.45, 2.75) is 18.9 Å². The molecule has 26 heavy (non-hydrogen) atoms. The number of aliphatic hydroxyl groups is 2. The summed E-state index contributed by atoms with van der Waals surface area (Å²) in [5, 5.41) is 20.6. The van der Waals surface area contributed by atoms with E-state index >= 15 is 0 Å². The summed E-state index contributed by atoms with van der Waals surface area (Å²) in [5.41, 5.74) is 1.44. The molecule has 0 radical (unpaired) electrons. The minimum Gasteiger partial charge on any atom is -0.491 e. The van der Waals surface area contributed by atoms with E-state index in [1.807, 2.05) is 24.3 Å². The van der Waals surface area contributed by atoms with Crippen LogP contribution in [0.15, 0.2) is 53.0 Å². The van der Waals surface area contributed by atoms with Crippen molar-refractivity contribution < 1.29 is 24.5 Å². The number of amides is 1. The summed E-state index contributed by atoms with van der Waals surface area (Å²) < 4.78 is 11.8. The number of rotatable bonds is 9. The molecule has 0 aliphatic heterocycles. The van der Waals surface area contributed by atoms with Crippen LogP contribution in [0.25, 0.3) is 0 Å². The molecule has 2 rings (SSSR count). The van der Waals surface area contributed by atoms with Crippen molar-refractivity contribution in [3.63, 3.8) is 0 Å². The average Bonchev–Trinajstić information content (AvgIpc) is 2.66. The molecule has 0 aliphatic carbocycles. The molecule has 140 valence electrons. The van der Waals surface area contributed by atoms with Gasteiger partial charge >= 0.3 is 6.09 Å². The normalized spacial score (nSPS) is 11.7. The zero-order valence-electron chi connectivity index (χ0n) is 14.2. The van der Waals surface area contributed by atoms with E-state index in [2.05, 4.69) is 21.2 Å². The SMILES string of the molecule is O=C(Nc1ccc(Br)cc1)O[C@H](CCCO)c1ccc(OCCO)cc1. The lowest BCUT2D eigenvalue weighted by molar-refractivity contribution is 0.0994. The second-order valence-electron chi connectivity index (χ2n) is 5.53. The number of nitrogens with one attached hydrogen (secondary N) is 1. The van der Waals surface area contributed by atoms with Gasteiger partial charge in [-0.25, -0.2) is 4.79 Å². The van der Waals surface area contributed by atoms with Gasteiger partial charge in [0, 0.05) is 16.8 Å². The topological polar surface area (TPSA) is 88.0 Å². The van der Waals surface area contributed by atoms with Gasteiger partial charge < -0.3 is 19.7 Å². The highest BCUT2D eigenvalue weighted by Crippen LogP contribution is 2.26. The van der Waals surface area contributed by atoms with Crippen molar-refractivity contribution in [3.8, 4) is 5.75 Å². The summed E-state index contributed by atoms with van der Waals surface area (Å²) in [6, 6.07) is 14.3. The predicted molar refractivity (Wildman–Crippen MR) is 102 cm³/mol. The molecule has 3 N–H and O–H groups in total. The van der Waals surface area contributed by atoms with Crippen LogP contribution in [0, 0.1) is 0 Å². The molecule has 0 saturated carbocycles.